The van der Waals surface area contributed by atoms with Crippen LogP contribution in [0.5, 0.6) is 0 Å². The smallest absolute Gasteiger partial charge is 0.165 e. The molecular weight excluding hydrogens is 881 g/mol. The van der Waals surface area contributed by atoms with Crippen LogP contribution >= 0.6 is 0 Å². The highest BCUT2D eigenvalue weighted by Gasteiger charge is 2.35. The Hall–Kier alpha value is -5.76. The number of aromatic nitrogens is 8. The number of nitrogens with zero attached hydrogens (tertiary/aromatic N) is 6. The Bertz CT molecular complexity index is 3340. The Morgan fingerprint density at radius 3 is 0.806 bits per heavy atom. The summed E-state index contributed by atoms with van der Waals surface area (Å²) in [6, 6.07) is 18.8. The Kier molecular flexibility index (Phi) is 11.3. The zero-order valence-corrected chi connectivity index (χ0v) is 48.3. The molecule has 0 saturated heterocycles. The lowest BCUT2D eigenvalue weighted by Gasteiger charge is -2.27. The number of aromatic amines is 2. The van der Waals surface area contributed by atoms with Crippen LogP contribution in [0.3, 0.4) is 0 Å². The van der Waals surface area contributed by atoms with Gasteiger partial charge in [0.25, 0.3) is 0 Å². The molecule has 9 rings (SSSR count). The highest BCUT2D eigenvalue weighted by molar-refractivity contribution is 6.09. The van der Waals surface area contributed by atoms with Crippen molar-refractivity contribution in [3.8, 4) is 45.6 Å². The van der Waals surface area contributed by atoms with Gasteiger partial charge < -0.3 is 9.97 Å². The SMILES string of the molecule is CC(C)(C)c1cc2c(c(C(C)(C)C)c1)-c1nc-2nc2[nH]c(nc3nc(nc4[nH]c(n1)c1cc(C(C)(C)C)cc(C(C)(C)C)c41)-c1cc(C(C)(C)C)cc(C(C)(C)C)c1-3)c1cc(C(C)(C)C)cc(C(C)(C)C)c21. The fourth-order valence-corrected chi connectivity index (χ4v) is 10.4. The summed E-state index contributed by atoms with van der Waals surface area (Å²) in [6.07, 6.45) is 0. The predicted octanol–water partition coefficient (Wildman–Crippen LogP) is 17.2. The average Bonchev–Trinajstić information content (AvgIpc) is 3.95. The Labute approximate surface area is 430 Å². The van der Waals surface area contributed by atoms with Gasteiger partial charge in [-0.05, 0) is 112 Å². The van der Waals surface area contributed by atoms with E-state index in [0.717, 1.165) is 55.1 Å². The summed E-state index contributed by atoms with van der Waals surface area (Å²) in [5, 5.41) is 4.08. The first-order chi connectivity index (χ1) is 32.7. The van der Waals surface area contributed by atoms with Gasteiger partial charge in [0.2, 0.25) is 0 Å². The fourth-order valence-electron chi connectivity index (χ4n) is 10.4. The maximum Gasteiger partial charge on any atom is 0.165 e. The molecule has 5 heterocycles. The maximum atomic E-state index is 5.72. The molecule has 0 aliphatic carbocycles. The number of H-pyrrole nitrogens is 2. The van der Waals surface area contributed by atoms with Crippen molar-refractivity contribution in [2.45, 2.75) is 209 Å². The zero-order valence-electron chi connectivity index (χ0n) is 48.3. The van der Waals surface area contributed by atoms with Crippen molar-refractivity contribution in [2.24, 2.45) is 0 Å². The molecule has 0 fully saturated rings. The lowest BCUT2D eigenvalue weighted by atomic mass is 9.77. The lowest BCUT2D eigenvalue weighted by molar-refractivity contribution is 0.569. The van der Waals surface area contributed by atoms with Crippen LogP contribution in [0.4, 0.5) is 0 Å². The number of rotatable bonds is 0. The van der Waals surface area contributed by atoms with Crippen molar-refractivity contribution < 1.29 is 0 Å². The van der Waals surface area contributed by atoms with E-state index in [-0.39, 0.29) is 43.3 Å². The molecule has 72 heavy (non-hydrogen) atoms. The van der Waals surface area contributed by atoms with Gasteiger partial charge in [-0.1, -0.05) is 190 Å². The molecule has 378 valence electrons. The van der Waals surface area contributed by atoms with E-state index in [2.05, 4.69) is 225 Å². The topological polar surface area (TPSA) is 109 Å². The average molecular weight is 963 g/mol. The summed E-state index contributed by atoms with van der Waals surface area (Å²) < 4.78 is 0. The number of hydrogen-bond donors (Lipinski definition) is 2. The van der Waals surface area contributed by atoms with Crippen LogP contribution in [0.1, 0.15) is 211 Å². The minimum absolute atomic E-state index is 0.140. The maximum absolute atomic E-state index is 5.72. The van der Waals surface area contributed by atoms with Gasteiger partial charge in [-0.3, -0.25) is 0 Å². The van der Waals surface area contributed by atoms with E-state index in [0.29, 0.717) is 34.6 Å². The summed E-state index contributed by atoms with van der Waals surface area (Å²) in [5.41, 5.74) is 14.9. The first kappa shape index (κ1) is 51.2. The molecule has 8 bridgehead atoms. The van der Waals surface area contributed by atoms with E-state index in [9.17, 15) is 0 Å². The summed E-state index contributed by atoms with van der Waals surface area (Å²) in [7, 11) is 0. The van der Waals surface area contributed by atoms with Gasteiger partial charge in [-0.15, -0.1) is 0 Å². The van der Waals surface area contributed by atoms with Crippen LogP contribution in [-0.2, 0) is 43.3 Å². The van der Waals surface area contributed by atoms with E-state index >= 15 is 0 Å². The van der Waals surface area contributed by atoms with Crippen molar-refractivity contribution in [1.82, 2.24) is 39.9 Å². The molecule has 3 aromatic heterocycles. The first-order valence-electron chi connectivity index (χ1n) is 26.3. The first-order valence-corrected chi connectivity index (χ1v) is 26.3. The minimum atomic E-state index is -0.249. The number of benzene rings is 4. The van der Waals surface area contributed by atoms with Gasteiger partial charge >= 0.3 is 0 Å². The summed E-state index contributed by atoms with van der Waals surface area (Å²) in [4.78, 5) is 41.7. The second-order valence-corrected chi connectivity index (χ2v) is 29.4. The van der Waals surface area contributed by atoms with Crippen molar-refractivity contribution >= 4 is 44.1 Å². The van der Waals surface area contributed by atoms with Gasteiger partial charge in [0.1, 0.15) is 22.6 Å². The van der Waals surface area contributed by atoms with E-state index < -0.39 is 0 Å². The van der Waals surface area contributed by atoms with Crippen LogP contribution < -0.4 is 0 Å². The molecule has 7 aromatic rings. The van der Waals surface area contributed by atoms with Crippen LogP contribution in [0.15, 0.2) is 48.5 Å². The zero-order chi connectivity index (χ0) is 53.2. The molecule has 2 aliphatic heterocycles. The molecule has 0 atom stereocenters. The Morgan fingerprint density at radius 2 is 0.528 bits per heavy atom. The normalized spacial score (nSPS) is 14.1. The van der Waals surface area contributed by atoms with Gasteiger partial charge in [0.05, 0.1) is 0 Å². The molecular formula is C64H82N8. The second-order valence-electron chi connectivity index (χ2n) is 29.4. The standard InChI is InChI=1S/C64H82N8/c1-57(2,3)33-25-37-45(41(29-33)61(13,14)15)53-65-49(37)69-54-46-38(26-34(58(4,5)6)30-42(46)62(16,17)18)51(66-54)71-56-48-40(28-36(60(10,11)12)32-44(48)64(22,23)24)52(68-56)72-55-47-39(50(67-55)70-53)27-35(59(7,8)9)31-43(47)63(19,20)21/h25-32H,1-24H3,(H2,65,66,67,68,69,70,71,72). The van der Waals surface area contributed by atoms with Crippen LogP contribution in [-0.4, -0.2) is 39.9 Å². The van der Waals surface area contributed by atoms with E-state index in [1.807, 2.05) is 0 Å². The molecule has 0 saturated carbocycles. The molecule has 0 unspecified atom stereocenters. The van der Waals surface area contributed by atoms with Crippen LogP contribution in [0.2, 0.25) is 0 Å². The van der Waals surface area contributed by atoms with Crippen molar-refractivity contribution in [1.29, 1.82) is 0 Å². The van der Waals surface area contributed by atoms with Gasteiger partial charge in [0.15, 0.2) is 23.3 Å². The molecule has 0 spiro atoms. The van der Waals surface area contributed by atoms with E-state index in [1.54, 1.807) is 0 Å². The summed E-state index contributed by atoms with van der Waals surface area (Å²) >= 11 is 0. The van der Waals surface area contributed by atoms with E-state index in [4.69, 9.17) is 29.9 Å². The van der Waals surface area contributed by atoms with Crippen LogP contribution in [0, 0.1) is 0 Å². The number of hydrogen-bond acceptors (Lipinski definition) is 6. The lowest BCUT2D eigenvalue weighted by Crippen LogP contribution is -2.18. The summed E-state index contributed by atoms with van der Waals surface area (Å²) in [5.74, 6) is 2.50. The third-order valence-corrected chi connectivity index (χ3v) is 14.9. The van der Waals surface area contributed by atoms with Gasteiger partial charge in [-0.2, -0.15) is 0 Å². The molecule has 8 heteroatoms. The Balaban J connectivity index is 1.62. The monoisotopic (exact) mass is 963 g/mol. The largest absolute Gasteiger partial charge is 0.324 e. The molecule has 4 aromatic carbocycles. The van der Waals surface area contributed by atoms with Crippen molar-refractivity contribution in [3.63, 3.8) is 0 Å². The minimum Gasteiger partial charge on any atom is -0.324 e. The van der Waals surface area contributed by atoms with Crippen LogP contribution in [0.25, 0.3) is 89.7 Å². The molecule has 0 radical (unpaired) electrons. The second kappa shape index (κ2) is 15.9. The highest BCUT2D eigenvalue weighted by atomic mass is 15.1. The number of fused-ring (bicyclic) bond motifs is 20. The van der Waals surface area contributed by atoms with Gasteiger partial charge in [-0.25, -0.2) is 29.9 Å². The third-order valence-electron chi connectivity index (χ3n) is 14.9. The predicted molar refractivity (Wildman–Crippen MR) is 306 cm³/mol. The highest BCUT2D eigenvalue weighted by Crippen LogP contribution is 2.48. The van der Waals surface area contributed by atoms with E-state index in [1.165, 1.54) is 44.5 Å². The van der Waals surface area contributed by atoms with Gasteiger partial charge in [0, 0.05) is 43.8 Å². The third kappa shape index (κ3) is 8.86. The molecule has 2 aliphatic rings. The quantitative estimate of drug-likeness (QED) is 0.157. The molecule has 8 nitrogen and oxygen atoms in total. The number of nitrogens with one attached hydrogen (secondary N) is 2. The molecule has 0 amide bonds. The Morgan fingerprint density at radius 1 is 0.264 bits per heavy atom. The molecule has 2 N–H and O–H groups in total. The fraction of sp³-hybridized carbons (Fsp3) is 0.500. The van der Waals surface area contributed by atoms with Crippen molar-refractivity contribution in [2.75, 3.05) is 0 Å². The van der Waals surface area contributed by atoms with Crippen molar-refractivity contribution in [3.05, 3.63) is 93.0 Å². The summed E-state index contributed by atoms with van der Waals surface area (Å²) in [6.45, 7) is 54.9.